The van der Waals surface area contributed by atoms with Crippen molar-refractivity contribution in [3.05, 3.63) is 86.1 Å². The van der Waals surface area contributed by atoms with Crippen LogP contribution < -0.4 is 16.0 Å². The molecule has 0 amide bonds. The number of hydrogen-bond acceptors (Lipinski definition) is 6. The fraction of sp³-hybridized carbons (Fsp3) is 0.576. The van der Waals surface area contributed by atoms with Gasteiger partial charge in [0.2, 0.25) is 0 Å². The number of anilines is 1. The summed E-state index contributed by atoms with van der Waals surface area (Å²) in [6.45, 7) is 14.4. The minimum absolute atomic E-state index is 0.0244. The van der Waals surface area contributed by atoms with Gasteiger partial charge in [-0.3, -0.25) is 14.5 Å². The molecule has 0 aromatic carbocycles. The van der Waals surface area contributed by atoms with Crippen molar-refractivity contribution >= 4 is 17.4 Å². The first-order valence-electron chi connectivity index (χ1n) is 15.5. The average molecular weight is 651 g/mol. The van der Waals surface area contributed by atoms with Crippen molar-refractivity contribution in [3.63, 3.8) is 0 Å². The Morgan fingerprint density at radius 1 is 0.756 bits per heavy atom. The highest BCUT2D eigenvalue weighted by Crippen LogP contribution is 2.32. The number of rotatable bonds is 10. The number of aromatic nitrogens is 4. The van der Waals surface area contributed by atoms with E-state index in [0.29, 0.717) is 31.3 Å². The highest BCUT2D eigenvalue weighted by Gasteiger charge is 2.36. The molecule has 4 heterocycles. The summed E-state index contributed by atoms with van der Waals surface area (Å²) in [5.41, 5.74) is 0.618. The van der Waals surface area contributed by atoms with Gasteiger partial charge in [-0.25, -0.2) is 9.97 Å². The quantitative estimate of drug-likeness (QED) is 0.197. The molecule has 1 saturated heterocycles. The Kier molecular flexibility index (Phi) is 13.2. The predicted octanol–water partition coefficient (Wildman–Crippen LogP) is 6.04. The Bertz CT molecular complexity index is 1460. The van der Waals surface area contributed by atoms with Gasteiger partial charge in [-0.15, -0.1) is 11.6 Å². The molecule has 0 spiro atoms. The summed E-state index contributed by atoms with van der Waals surface area (Å²) in [5, 5.41) is 0. The van der Waals surface area contributed by atoms with Crippen LogP contribution in [0, 0.1) is 13.8 Å². The Morgan fingerprint density at radius 2 is 1.27 bits per heavy atom. The number of nitrogens with zero attached hydrogens (tertiary/aromatic N) is 6. The maximum atomic E-state index is 13.4. The molecule has 4 rings (SSSR count). The van der Waals surface area contributed by atoms with Crippen LogP contribution in [-0.2, 0) is 24.7 Å². The smallest absolute Gasteiger partial charge is 0.354 e. The Labute approximate surface area is 268 Å². The van der Waals surface area contributed by atoms with E-state index in [1.807, 2.05) is 64.0 Å². The monoisotopic (exact) mass is 650 g/mol. The number of aryl methyl sites for hydroxylation is 4. The third kappa shape index (κ3) is 11.6. The molecule has 3 aromatic heterocycles. The molecule has 1 aliphatic rings. The highest BCUT2D eigenvalue weighted by atomic mass is 35.5. The van der Waals surface area contributed by atoms with E-state index in [0.717, 1.165) is 69.1 Å². The lowest BCUT2D eigenvalue weighted by Gasteiger charge is -2.36. The van der Waals surface area contributed by atoms with Gasteiger partial charge in [0, 0.05) is 81.2 Å². The topological polar surface area (TPSA) is 76.3 Å². The van der Waals surface area contributed by atoms with Gasteiger partial charge in [0.15, 0.2) is 0 Å². The summed E-state index contributed by atoms with van der Waals surface area (Å²) in [7, 11) is 0. The molecule has 0 aliphatic carbocycles. The van der Waals surface area contributed by atoms with E-state index >= 15 is 0 Å². The number of hydrogen-bond donors (Lipinski definition) is 0. The number of unbranched alkanes of at least 4 members (excludes halogenated alkanes) is 2. The number of pyridine rings is 2. The zero-order valence-corrected chi connectivity index (χ0v) is 27.8. The zero-order valence-electron chi connectivity index (χ0n) is 27.0. The minimum atomic E-state index is -4.50. The SMILES string of the molecule is Cc1ccn(CCCCCl)c(=O)c1.Cc1ccn(CCCCN2CCN(c3cc(C(F)(F)F)nc(C(C)(C)C)n3)CC2)c(=O)c1. The summed E-state index contributed by atoms with van der Waals surface area (Å²) < 4.78 is 43.6. The lowest BCUT2D eigenvalue weighted by Crippen LogP contribution is -2.47. The first-order valence-corrected chi connectivity index (χ1v) is 16.0. The van der Waals surface area contributed by atoms with Gasteiger partial charge in [0.1, 0.15) is 17.3 Å². The third-order valence-corrected chi connectivity index (χ3v) is 7.85. The molecule has 248 valence electrons. The van der Waals surface area contributed by atoms with Crippen molar-refractivity contribution in [2.75, 3.05) is 43.5 Å². The molecule has 0 N–H and O–H groups in total. The van der Waals surface area contributed by atoms with Crippen molar-refractivity contribution < 1.29 is 13.2 Å². The van der Waals surface area contributed by atoms with E-state index in [2.05, 4.69) is 14.9 Å². The van der Waals surface area contributed by atoms with Gasteiger partial charge in [-0.05, 0) is 69.3 Å². The number of halogens is 4. The van der Waals surface area contributed by atoms with Crippen molar-refractivity contribution in [2.45, 2.75) is 85.0 Å². The molecule has 12 heteroatoms. The molecule has 0 atom stereocenters. The zero-order chi connectivity index (χ0) is 33.2. The Hall–Kier alpha value is -3.18. The van der Waals surface area contributed by atoms with Crippen LogP contribution in [0.4, 0.5) is 19.0 Å². The van der Waals surface area contributed by atoms with Gasteiger partial charge >= 0.3 is 6.18 Å². The average Bonchev–Trinajstić information content (AvgIpc) is 2.97. The van der Waals surface area contributed by atoms with E-state index in [1.165, 1.54) is 0 Å². The summed E-state index contributed by atoms with van der Waals surface area (Å²) in [5.74, 6) is 1.22. The molecule has 0 bridgehead atoms. The molecule has 1 fully saturated rings. The third-order valence-electron chi connectivity index (χ3n) is 7.58. The summed E-state index contributed by atoms with van der Waals surface area (Å²) in [6, 6.07) is 8.23. The lowest BCUT2D eigenvalue weighted by molar-refractivity contribution is -0.141. The molecule has 8 nitrogen and oxygen atoms in total. The Balaban J connectivity index is 0.000000355. The summed E-state index contributed by atoms with van der Waals surface area (Å²) in [6.07, 6.45) is 2.96. The maximum Gasteiger partial charge on any atom is 0.433 e. The summed E-state index contributed by atoms with van der Waals surface area (Å²) in [4.78, 5) is 35.8. The molecule has 0 saturated carbocycles. The van der Waals surface area contributed by atoms with Crippen LogP contribution in [-0.4, -0.2) is 62.6 Å². The fourth-order valence-corrected chi connectivity index (χ4v) is 5.04. The normalized spacial score (nSPS) is 14.3. The van der Waals surface area contributed by atoms with E-state index < -0.39 is 17.3 Å². The van der Waals surface area contributed by atoms with E-state index in [4.69, 9.17) is 11.6 Å². The van der Waals surface area contributed by atoms with Crippen LogP contribution in [0.3, 0.4) is 0 Å². The first kappa shape index (κ1) is 36.3. The maximum absolute atomic E-state index is 13.4. The molecular weight excluding hydrogens is 605 g/mol. The Morgan fingerprint density at radius 3 is 1.73 bits per heavy atom. The molecule has 0 unspecified atom stereocenters. The highest BCUT2D eigenvalue weighted by molar-refractivity contribution is 6.17. The second-order valence-corrected chi connectivity index (χ2v) is 13.0. The fourth-order valence-electron chi connectivity index (χ4n) is 4.85. The van der Waals surface area contributed by atoms with Crippen molar-refractivity contribution in [3.8, 4) is 0 Å². The van der Waals surface area contributed by atoms with E-state index in [9.17, 15) is 22.8 Å². The van der Waals surface area contributed by atoms with Crippen molar-refractivity contribution in [2.24, 2.45) is 0 Å². The summed E-state index contributed by atoms with van der Waals surface area (Å²) >= 11 is 5.55. The molecule has 3 aromatic rings. The van der Waals surface area contributed by atoms with Gasteiger partial charge in [0.05, 0.1) is 0 Å². The number of piperazine rings is 1. The van der Waals surface area contributed by atoms with Gasteiger partial charge in [0.25, 0.3) is 11.1 Å². The van der Waals surface area contributed by atoms with Crippen LogP contribution in [0.2, 0.25) is 0 Å². The molecular formula is C33H46ClF3N6O2. The van der Waals surface area contributed by atoms with E-state index in [1.54, 1.807) is 21.3 Å². The van der Waals surface area contributed by atoms with Gasteiger partial charge < -0.3 is 14.0 Å². The second-order valence-electron chi connectivity index (χ2n) is 12.6. The predicted molar refractivity (Wildman–Crippen MR) is 174 cm³/mol. The lowest BCUT2D eigenvalue weighted by atomic mass is 9.95. The van der Waals surface area contributed by atoms with Crippen molar-refractivity contribution in [1.29, 1.82) is 0 Å². The van der Waals surface area contributed by atoms with Crippen LogP contribution in [0.15, 0.2) is 52.3 Å². The molecule has 0 radical (unpaired) electrons. The van der Waals surface area contributed by atoms with Crippen molar-refractivity contribution in [1.82, 2.24) is 24.0 Å². The molecule has 1 aliphatic heterocycles. The van der Waals surface area contributed by atoms with Crippen LogP contribution >= 0.6 is 11.6 Å². The molecule has 45 heavy (non-hydrogen) atoms. The standard InChI is InChI=1S/C23H32F3N5O.C10H14ClNO/c1-17-7-10-31(20(32)15-17)9-6-5-8-29-11-13-30(14-12-29)19-16-18(23(24,25)26)27-21(28-19)22(2,3)4;1-9-4-7-12(10(13)8-9)6-3-2-5-11/h7,10,15-16H,5-6,8-9,11-14H2,1-4H3;4,7-8H,2-3,5-6H2,1H3. The number of alkyl halides is 4. The largest absolute Gasteiger partial charge is 0.433 e. The van der Waals surface area contributed by atoms with Gasteiger partial charge in [-0.1, -0.05) is 20.8 Å². The van der Waals surface area contributed by atoms with Crippen LogP contribution in [0.1, 0.15) is 69.1 Å². The van der Waals surface area contributed by atoms with Crippen LogP contribution in [0.5, 0.6) is 0 Å². The first-order chi connectivity index (χ1) is 21.2. The van der Waals surface area contributed by atoms with Gasteiger partial charge in [-0.2, -0.15) is 13.2 Å². The minimum Gasteiger partial charge on any atom is -0.354 e. The second kappa shape index (κ2) is 16.4. The van der Waals surface area contributed by atoms with E-state index in [-0.39, 0.29) is 16.9 Å². The van der Waals surface area contributed by atoms with Crippen LogP contribution in [0.25, 0.3) is 0 Å².